The second-order valence-corrected chi connectivity index (χ2v) is 2.04. The number of alkyl halides is 3. The van der Waals surface area contributed by atoms with Crippen molar-refractivity contribution in [2.45, 2.75) is 13.1 Å². The van der Waals surface area contributed by atoms with E-state index in [-0.39, 0.29) is 0 Å². The molecule has 7 heteroatoms. The number of nitrogens with zero attached hydrogens (tertiary/aromatic N) is 1. The van der Waals surface area contributed by atoms with Crippen LogP contribution in [0.3, 0.4) is 0 Å². The highest BCUT2D eigenvalue weighted by atomic mass is 19.4. The third-order valence-corrected chi connectivity index (χ3v) is 0.882. The summed E-state index contributed by atoms with van der Waals surface area (Å²) in [5, 5.41) is 13.6. The van der Waals surface area contributed by atoms with Crippen molar-refractivity contribution in [1.82, 2.24) is 10.2 Å². The molecule has 2 N–H and O–H groups in total. The lowest BCUT2D eigenvalue weighted by molar-refractivity contribution is -0.192. The van der Waals surface area contributed by atoms with E-state index in [1.807, 2.05) is 13.0 Å². The van der Waals surface area contributed by atoms with Crippen LogP contribution in [-0.2, 0) is 4.79 Å². The quantitative estimate of drug-likeness (QED) is 0.658. The lowest BCUT2D eigenvalue weighted by atomic mass is 10.5. The predicted octanol–water partition coefficient (Wildman–Crippen LogP) is 1.35. The van der Waals surface area contributed by atoms with Gasteiger partial charge >= 0.3 is 12.1 Å². The number of hydrogen-bond acceptors (Lipinski definition) is 2. The fourth-order valence-electron chi connectivity index (χ4n) is 0.325. The van der Waals surface area contributed by atoms with E-state index in [0.717, 1.165) is 5.69 Å². The van der Waals surface area contributed by atoms with Crippen LogP contribution in [0, 0.1) is 6.92 Å². The van der Waals surface area contributed by atoms with Gasteiger partial charge in [-0.15, -0.1) is 0 Å². The number of aliphatic carboxylic acids is 1. The maximum absolute atomic E-state index is 10.6. The molecule has 0 aromatic carbocycles. The summed E-state index contributed by atoms with van der Waals surface area (Å²) < 4.78 is 31.7. The Morgan fingerprint density at radius 3 is 2.15 bits per heavy atom. The monoisotopic (exact) mass is 196 g/mol. The number of hydrogen-bond donors (Lipinski definition) is 2. The highest BCUT2D eigenvalue weighted by Gasteiger charge is 2.38. The van der Waals surface area contributed by atoms with Crippen LogP contribution in [0.25, 0.3) is 0 Å². The summed E-state index contributed by atoms with van der Waals surface area (Å²) >= 11 is 0. The summed E-state index contributed by atoms with van der Waals surface area (Å²) in [6, 6.07) is 1.92. The normalized spacial score (nSPS) is 10.2. The number of aromatic nitrogens is 2. The molecular formula is C6H7F3N2O2. The molecular weight excluding hydrogens is 189 g/mol. The summed E-state index contributed by atoms with van der Waals surface area (Å²) in [7, 11) is 0. The van der Waals surface area contributed by atoms with Crippen LogP contribution in [0.15, 0.2) is 12.3 Å². The first-order valence-corrected chi connectivity index (χ1v) is 3.10. The van der Waals surface area contributed by atoms with Gasteiger partial charge < -0.3 is 5.11 Å². The van der Waals surface area contributed by atoms with Gasteiger partial charge in [0.15, 0.2) is 0 Å². The van der Waals surface area contributed by atoms with E-state index < -0.39 is 12.1 Å². The number of carboxylic acid groups (broad SMARTS) is 1. The summed E-state index contributed by atoms with van der Waals surface area (Å²) in [4.78, 5) is 8.90. The second kappa shape index (κ2) is 4.48. The molecule has 1 aromatic rings. The Labute approximate surface area is 71.4 Å². The van der Waals surface area contributed by atoms with Crippen molar-refractivity contribution in [1.29, 1.82) is 0 Å². The van der Waals surface area contributed by atoms with Crippen LogP contribution in [0.5, 0.6) is 0 Å². The van der Waals surface area contributed by atoms with E-state index in [2.05, 4.69) is 10.2 Å². The van der Waals surface area contributed by atoms with Gasteiger partial charge in [0.1, 0.15) is 0 Å². The smallest absolute Gasteiger partial charge is 0.475 e. The first kappa shape index (κ1) is 11.5. The predicted molar refractivity (Wildman–Crippen MR) is 37.0 cm³/mol. The van der Waals surface area contributed by atoms with Crippen molar-refractivity contribution in [3.8, 4) is 0 Å². The van der Waals surface area contributed by atoms with Crippen molar-refractivity contribution in [2.24, 2.45) is 0 Å². The molecule has 1 aromatic heterocycles. The fourth-order valence-corrected chi connectivity index (χ4v) is 0.325. The van der Waals surface area contributed by atoms with Crippen molar-refractivity contribution in [3.05, 3.63) is 18.0 Å². The second-order valence-electron chi connectivity index (χ2n) is 2.04. The van der Waals surface area contributed by atoms with Crippen LogP contribution in [-0.4, -0.2) is 27.4 Å². The lowest BCUT2D eigenvalue weighted by Crippen LogP contribution is -2.21. The molecule has 0 fully saturated rings. The van der Waals surface area contributed by atoms with E-state index in [1.54, 1.807) is 6.20 Å². The molecule has 0 aliphatic rings. The number of rotatable bonds is 0. The van der Waals surface area contributed by atoms with Gasteiger partial charge in [0.25, 0.3) is 0 Å². The van der Waals surface area contributed by atoms with Gasteiger partial charge in [-0.2, -0.15) is 18.3 Å². The Balaban J connectivity index is 0.000000223. The van der Waals surface area contributed by atoms with Crippen molar-refractivity contribution >= 4 is 5.97 Å². The molecule has 0 amide bonds. The Hall–Kier alpha value is -1.53. The summed E-state index contributed by atoms with van der Waals surface area (Å²) in [5.74, 6) is -2.76. The van der Waals surface area contributed by atoms with Gasteiger partial charge in [-0.05, 0) is 13.0 Å². The molecule has 4 nitrogen and oxygen atoms in total. The van der Waals surface area contributed by atoms with Crippen molar-refractivity contribution in [3.63, 3.8) is 0 Å². The zero-order valence-corrected chi connectivity index (χ0v) is 6.59. The van der Waals surface area contributed by atoms with Gasteiger partial charge in [-0.3, -0.25) is 5.10 Å². The average molecular weight is 196 g/mol. The standard InChI is InChI=1S/C4H6N2.C2HF3O2/c1-4-2-3-5-6-4;3-2(4,5)1(6)7/h2-3H,1H3,(H,5,6);(H,6,7). The van der Waals surface area contributed by atoms with Crippen LogP contribution >= 0.6 is 0 Å². The third kappa shape index (κ3) is 5.71. The Morgan fingerprint density at radius 2 is 2.08 bits per heavy atom. The van der Waals surface area contributed by atoms with Gasteiger partial charge in [0, 0.05) is 11.9 Å². The van der Waals surface area contributed by atoms with Gasteiger partial charge in [-0.25, -0.2) is 4.79 Å². The molecule has 0 aliphatic heterocycles. The minimum Gasteiger partial charge on any atom is -0.475 e. The van der Waals surface area contributed by atoms with E-state index in [1.165, 1.54) is 0 Å². The third-order valence-electron chi connectivity index (χ3n) is 0.882. The number of aryl methyl sites for hydroxylation is 1. The van der Waals surface area contributed by atoms with Crippen LogP contribution in [0.1, 0.15) is 5.69 Å². The largest absolute Gasteiger partial charge is 0.490 e. The highest BCUT2D eigenvalue weighted by Crippen LogP contribution is 2.13. The lowest BCUT2D eigenvalue weighted by Gasteiger charge is -1.93. The minimum atomic E-state index is -5.08. The van der Waals surface area contributed by atoms with E-state index in [9.17, 15) is 13.2 Å². The number of H-pyrrole nitrogens is 1. The maximum Gasteiger partial charge on any atom is 0.490 e. The zero-order chi connectivity index (χ0) is 10.5. The van der Waals surface area contributed by atoms with Crippen LogP contribution in [0.2, 0.25) is 0 Å². The van der Waals surface area contributed by atoms with Crippen LogP contribution in [0.4, 0.5) is 13.2 Å². The highest BCUT2D eigenvalue weighted by molar-refractivity contribution is 5.73. The molecule has 0 unspecified atom stereocenters. The van der Waals surface area contributed by atoms with Gasteiger partial charge in [-0.1, -0.05) is 0 Å². The number of nitrogens with one attached hydrogen (secondary N) is 1. The van der Waals surface area contributed by atoms with E-state index in [4.69, 9.17) is 9.90 Å². The molecule has 0 saturated heterocycles. The molecule has 74 valence electrons. The van der Waals surface area contributed by atoms with Crippen molar-refractivity contribution < 1.29 is 23.1 Å². The van der Waals surface area contributed by atoms with E-state index >= 15 is 0 Å². The summed E-state index contributed by atoms with van der Waals surface area (Å²) in [6.07, 6.45) is -3.35. The number of carboxylic acids is 1. The average Bonchev–Trinajstić information content (AvgIpc) is 2.38. The molecule has 1 heterocycles. The number of carbonyl (C=O) groups is 1. The Kier molecular flexibility index (Phi) is 3.96. The molecule has 0 bridgehead atoms. The van der Waals surface area contributed by atoms with Crippen molar-refractivity contribution in [2.75, 3.05) is 0 Å². The summed E-state index contributed by atoms with van der Waals surface area (Å²) in [5.41, 5.74) is 1.11. The SMILES string of the molecule is Cc1ccn[nH]1.O=C(O)C(F)(F)F. The molecule has 1 rings (SSSR count). The first-order chi connectivity index (χ1) is 5.84. The zero-order valence-electron chi connectivity index (χ0n) is 6.59. The topological polar surface area (TPSA) is 66.0 Å². The maximum atomic E-state index is 10.6. The molecule has 0 spiro atoms. The molecule has 0 saturated carbocycles. The number of aromatic amines is 1. The summed E-state index contributed by atoms with van der Waals surface area (Å²) in [6.45, 7) is 1.97. The molecule has 0 aliphatic carbocycles. The van der Waals surface area contributed by atoms with Gasteiger partial charge in [0.05, 0.1) is 0 Å². The fraction of sp³-hybridized carbons (Fsp3) is 0.333. The van der Waals surface area contributed by atoms with E-state index in [0.29, 0.717) is 0 Å². The Bertz CT molecular complexity index is 255. The molecule has 0 atom stereocenters. The van der Waals surface area contributed by atoms with Crippen LogP contribution < -0.4 is 0 Å². The minimum absolute atomic E-state index is 1.11. The molecule has 13 heavy (non-hydrogen) atoms. The van der Waals surface area contributed by atoms with Gasteiger partial charge in [0.2, 0.25) is 0 Å². The Morgan fingerprint density at radius 1 is 1.62 bits per heavy atom. The number of halogens is 3. The molecule has 0 radical (unpaired) electrons. The first-order valence-electron chi connectivity index (χ1n) is 3.10.